The Morgan fingerprint density at radius 3 is 2.48 bits per heavy atom. The Bertz CT molecular complexity index is 870. The van der Waals surface area contributed by atoms with Crippen LogP contribution < -0.4 is 20.3 Å². The number of anilines is 1. The number of methoxy groups -OCH3 is 1. The number of hydrogen-bond donors (Lipinski definition) is 2. The Morgan fingerprint density at radius 2 is 1.74 bits per heavy atom. The number of ether oxygens (including phenoxy) is 2. The predicted octanol–water partition coefficient (Wildman–Crippen LogP) is 5.18. The summed E-state index contributed by atoms with van der Waals surface area (Å²) in [6.07, 6.45) is 0. The quantitative estimate of drug-likeness (QED) is 0.523. The van der Waals surface area contributed by atoms with Crippen molar-refractivity contribution in [2.45, 2.75) is 13.2 Å². The molecule has 0 aliphatic heterocycles. The fourth-order valence-corrected chi connectivity index (χ4v) is 2.82. The van der Waals surface area contributed by atoms with E-state index in [0.717, 1.165) is 11.3 Å². The first-order valence-corrected chi connectivity index (χ1v) is 8.82. The van der Waals surface area contributed by atoms with E-state index in [0.29, 0.717) is 28.6 Å². The molecule has 140 valence electrons. The van der Waals surface area contributed by atoms with Crippen molar-refractivity contribution in [3.63, 3.8) is 0 Å². The van der Waals surface area contributed by atoms with Gasteiger partial charge in [0.15, 0.2) is 11.5 Å². The number of nitrogens with one attached hydrogen (secondary N) is 2. The summed E-state index contributed by atoms with van der Waals surface area (Å²) in [5.74, 6) is 0.714. The number of rotatable bonds is 8. The molecule has 27 heavy (non-hydrogen) atoms. The van der Waals surface area contributed by atoms with Crippen LogP contribution in [0.2, 0.25) is 5.02 Å². The lowest BCUT2D eigenvalue weighted by Crippen LogP contribution is -2.21. The van der Waals surface area contributed by atoms with Crippen molar-refractivity contribution < 1.29 is 13.9 Å². The molecule has 0 aliphatic rings. The van der Waals surface area contributed by atoms with Crippen molar-refractivity contribution in [1.82, 2.24) is 5.43 Å². The molecule has 0 bridgehead atoms. The molecule has 0 amide bonds. The van der Waals surface area contributed by atoms with E-state index in [9.17, 15) is 4.39 Å². The van der Waals surface area contributed by atoms with Crippen molar-refractivity contribution in [2.75, 3.05) is 12.5 Å². The third-order valence-electron chi connectivity index (χ3n) is 3.99. The second kappa shape index (κ2) is 9.26. The Balaban J connectivity index is 1.73. The van der Waals surface area contributed by atoms with Crippen LogP contribution in [0.5, 0.6) is 11.5 Å². The lowest BCUT2D eigenvalue weighted by Gasteiger charge is -2.17. The SMILES string of the molecule is COc1cccc(CNNc2ccccc2)c1OCc1c(F)cccc1Cl. The van der Waals surface area contributed by atoms with Gasteiger partial charge in [-0.25, -0.2) is 9.82 Å². The number of benzene rings is 3. The van der Waals surface area contributed by atoms with Gasteiger partial charge in [0.1, 0.15) is 12.4 Å². The van der Waals surface area contributed by atoms with Crippen molar-refractivity contribution in [1.29, 1.82) is 0 Å². The first kappa shape index (κ1) is 19.0. The van der Waals surface area contributed by atoms with Gasteiger partial charge in [-0.2, -0.15) is 0 Å². The summed E-state index contributed by atoms with van der Waals surface area (Å²) in [5, 5.41) is 0.329. The molecular formula is C21H20ClFN2O2. The Labute approximate surface area is 162 Å². The zero-order valence-electron chi connectivity index (χ0n) is 14.8. The molecule has 0 fully saturated rings. The molecule has 6 heteroatoms. The van der Waals surface area contributed by atoms with Crippen LogP contribution >= 0.6 is 11.6 Å². The first-order chi connectivity index (χ1) is 13.2. The highest BCUT2D eigenvalue weighted by molar-refractivity contribution is 6.31. The van der Waals surface area contributed by atoms with Gasteiger partial charge in [0.25, 0.3) is 0 Å². The molecule has 0 saturated carbocycles. The Hall–Kier alpha value is -2.76. The maximum atomic E-state index is 14.0. The van der Waals surface area contributed by atoms with E-state index < -0.39 is 5.82 Å². The van der Waals surface area contributed by atoms with Gasteiger partial charge in [-0.05, 0) is 30.3 Å². The van der Waals surface area contributed by atoms with Crippen molar-refractivity contribution in [3.05, 3.63) is 88.7 Å². The fourth-order valence-electron chi connectivity index (χ4n) is 2.60. The van der Waals surface area contributed by atoms with E-state index in [1.165, 1.54) is 6.07 Å². The molecule has 0 radical (unpaired) electrons. The average molecular weight is 387 g/mol. The highest BCUT2D eigenvalue weighted by atomic mass is 35.5. The fraction of sp³-hybridized carbons (Fsp3) is 0.143. The molecule has 0 unspecified atom stereocenters. The molecule has 3 aromatic rings. The van der Waals surface area contributed by atoms with E-state index in [4.69, 9.17) is 21.1 Å². The van der Waals surface area contributed by atoms with E-state index in [1.807, 2.05) is 42.5 Å². The molecular weight excluding hydrogens is 367 g/mol. The van der Waals surface area contributed by atoms with Crippen molar-refractivity contribution in [2.24, 2.45) is 0 Å². The Morgan fingerprint density at radius 1 is 0.963 bits per heavy atom. The second-order valence-electron chi connectivity index (χ2n) is 5.78. The van der Waals surface area contributed by atoms with Gasteiger partial charge in [0.2, 0.25) is 0 Å². The van der Waals surface area contributed by atoms with Gasteiger partial charge in [-0.15, -0.1) is 0 Å². The molecule has 3 rings (SSSR count). The molecule has 4 nitrogen and oxygen atoms in total. The summed E-state index contributed by atoms with van der Waals surface area (Å²) >= 11 is 6.09. The molecule has 0 aliphatic carbocycles. The summed E-state index contributed by atoms with van der Waals surface area (Å²) in [4.78, 5) is 0. The summed E-state index contributed by atoms with van der Waals surface area (Å²) < 4.78 is 25.3. The minimum atomic E-state index is -0.400. The smallest absolute Gasteiger partial charge is 0.166 e. The monoisotopic (exact) mass is 386 g/mol. The molecule has 0 heterocycles. The van der Waals surface area contributed by atoms with E-state index in [-0.39, 0.29) is 6.61 Å². The summed E-state index contributed by atoms with van der Waals surface area (Å²) in [7, 11) is 1.57. The van der Waals surface area contributed by atoms with Gasteiger partial charge < -0.3 is 14.9 Å². The van der Waals surface area contributed by atoms with Crippen LogP contribution in [-0.4, -0.2) is 7.11 Å². The molecule has 3 aromatic carbocycles. The Kier molecular flexibility index (Phi) is 6.52. The average Bonchev–Trinajstić information content (AvgIpc) is 2.69. The number of hydrazine groups is 1. The number of para-hydroxylation sites is 2. The molecule has 2 N–H and O–H groups in total. The summed E-state index contributed by atoms with van der Waals surface area (Å²) in [6.45, 7) is 0.484. The van der Waals surface area contributed by atoms with E-state index >= 15 is 0 Å². The molecule has 0 spiro atoms. The third-order valence-corrected chi connectivity index (χ3v) is 4.34. The molecule has 0 atom stereocenters. The molecule has 0 aromatic heterocycles. The van der Waals surface area contributed by atoms with E-state index in [2.05, 4.69) is 10.9 Å². The summed E-state index contributed by atoms with van der Waals surface area (Å²) in [6, 6.07) is 19.9. The van der Waals surface area contributed by atoms with Crippen LogP contribution in [0.3, 0.4) is 0 Å². The van der Waals surface area contributed by atoms with Crippen molar-refractivity contribution in [3.8, 4) is 11.5 Å². The number of halogens is 2. The third kappa shape index (κ3) is 4.90. The summed E-state index contributed by atoms with van der Waals surface area (Å²) in [5.41, 5.74) is 8.39. The van der Waals surface area contributed by atoms with Crippen LogP contribution in [0.25, 0.3) is 0 Å². The minimum Gasteiger partial charge on any atom is -0.493 e. The second-order valence-corrected chi connectivity index (χ2v) is 6.19. The van der Waals surface area contributed by atoms with Crippen LogP contribution in [-0.2, 0) is 13.2 Å². The van der Waals surface area contributed by atoms with Gasteiger partial charge in [0.05, 0.1) is 12.1 Å². The lowest BCUT2D eigenvalue weighted by atomic mass is 10.1. The topological polar surface area (TPSA) is 42.5 Å². The van der Waals surface area contributed by atoms with Crippen LogP contribution in [0.1, 0.15) is 11.1 Å². The first-order valence-electron chi connectivity index (χ1n) is 8.44. The lowest BCUT2D eigenvalue weighted by molar-refractivity contribution is 0.276. The van der Waals surface area contributed by atoms with E-state index in [1.54, 1.807) is 25.3 Å². The zero-order chi connectivity index (χ0) is 19.1. The zero-order valence-corrected chi connectivity index (χ0v) is 15.6. The maximum Gasteiger partial charge on any atom is 0.166 e. The van der Waals surface area contributed by atoms with Crippen LogP contribution in [0.15, 0.2) is 66.7 Å². The maximum absolute atomic E-state index is 14.0. The normalized spacial score (nSPS) is 10.5. The largest absolute Gasteiger partial charge is 0.493 e. The standard InChI is InChI=1S/C21H20ClFN2O2/c1-26-20-12-5-7-15(13-24-25-16-8-3-2-4-9-16)21(20)27-14-17-18(22)10-6-11-19(17)23/h2-12,24-25H,13-14H2,1H3. The predicted molar refractivity (Wildman–Crippen MR) is 106 cm³/mol. The van der Waals surface area contributed by atoms with Crippen LogP contribution in [0.4, 0.5) is 10.1 Å². The van der Waals surface area contributed by atoms with Crippen molar-refractivity contribution >= 4 is 17.3 Å². The van der Waals surface area contributed by atoms with Gasteiger partial charge in [-0.1, -0.05) is 48.0 Å². The van der Waals surface area contributed by atoms with Gasteiger partial charge in [0, 0.05) is 23.4 Å². The highest BCUT2D eigenvalue weighted by Gasteiger charge is 2.13. The van der Waals surface area contributed by atoms with Gasteiger partial charge >= 0.3 is 0 Å². The van der Waals surface area contributed by atoms with Gasteiger partial charge in [-0.3, -0.25) is 0 Å². The molecule has 0 saturated heterocycles. The van der Waals surface area contributed by atoms with Crippen LogP contribution in [0, 0.1) is 5.82 Å². The minimum absolute atomic E-state index is 0.00495. The highest BCUT2D eigenvalue weighted by Crippen LogP contribution is 2.32. The number of hydrogen-bond acceptors (Lipinski definition) is 4.